The molecular weight excluding hydrogens is 1150 g/mol. The van der Waals surface area contributed by atoms with E-state index in [0.29, 0.717) is 110 Å². The fourth-order valence-electron chi connectivity index (χ4n) is 14.6. The van der Waals surface area contributed by atoms with Gasteiger partial charge in [0.05, 0.1) is 38.1 Å². The third kappa shape index (κ3) is 25.2. The minimum atomic E-state index is -1.20. The van der Waals surface area contributed by atoms with Crippen LogP contribution in [0.2, 0.25) is 0 Å². The maximum atomic E-state index is 12.6. The fraction of sp³-hybridized carbons (Fsp3) is 0.779. The lowest BCUT2D eigenvalue weighted by atomic mass is 9.43. The Morgan fingerprint density at radius 3 is 2.06 bits per heavy atom. The van der Waals surface area contributed by atoms with Gasteiger partial charge in [0.15, 0.2) is 17.3 Å². The number of aryl methyl sites for hydroxylation is 1. The summed E-state index contributed by atoms with van der Waals surface area (Å²) in [6, 6.07) is 6.37. The van der Waals surface area contributed by atoms with Crippen molar-refractivity contribution in [3.8, 4) is 0 Å². The third-order valence-corrected chi connectivity index (χ3v) is 19.8. The summed E-state index contributed by atoms with van der Waals surface area (Å²) in [5.74, 6) is -2.84. The summed E-state index contributed by atoms with van der Waals surface area (Å²) >= 11 is 0. The molecule has 1 aromatic carbocycles. The number of fused-ring (bicyclic) bond motifs is 5. The molecule has 4 saturated carbocycles. The van der Waals surface area contributed by atoms with E-state index in [2.05, 4.69) is 38.3 Å². The van der Waals surface area contributed by atoms with E-state index in [9.17, 15) is 63.6 Å². The summed E-state index contributed by atoms with van der Waals surface area (Å²) in [5.41, 5.74) is 6.94. The number of carbonyl (C=O) groups excluding carboxylic acids is 7. The van der Waals surface area contributed by atoms with Crippen LogP contribution in [0.5, 0.6) is 0 Å². The summed E-state index contributed by atoms with van der Waals surface area (Å²) in [6.07, 6.45) is 12.8. The minimum absolute atomic E-state index is 0.0114. The van der Waals surface area contributed by atoms with E-state index in [1.54, 1.807) is 19.1 Å². The van der Waals surface area contributed by atoms with Crippen molar-refractivity contribution in [1.29, 1.82) is 0 Å². The van der Waals surface area contributed by atoms with E-state index in [0.717, 1.165) is 51.4 Å². The second-order valence-electron chi connectivity index (χ2n) is 25.9. The van der Waals surface area contributed by atoms with Crippen LogP contribution in [0.4, 0.5) is 0 Å². The predicted molar refractivity (Wildman–Crippen MR) is 333 cm³/mol. The molecule has 5 unspecified atom stereocenters. The van der Waals surface area contributed by atoms with Crippen LogP contribution in [0.3, 0.4) is 0 Å². The number of carboxylic acid groups (broad SMARTS) is 2. The van der Waals surface area contributed by atoms with Gasteiger partial charge >= 0.3 is 11.9 Å². The van der Waals surface area contributed by atoms with E-state index in [1.165, 1.54) is 5.56 Å². The number of hydrogen-bond donors (Lipinski definition) is 7. The Kier molecular flexibility index (Phi) is 34.4. The maximum absolute atomic E-state index is 12.6. The zero-order valence-electron chi connectivity index (χ0n) is 54.3. The van der Waals surface area contributed by atoms with Crippen LogP contribution < -0.4 is 16.4 Å². The second kappa shape index (κ2) is 40.1. The predicted octanol–water partition coefficient (Wildman–Crippen LogP) is 7.97. The number of nitrogens with one attached hydrogen (secondary N) is 2. The third-order valence-electron chi connectivity index (χ3n) is 19.8. The molecule has 0 bridgehead atoms. The number of unbranched alkanes of at least 4 members (excludes halogenated alkanes) is 3. The van der Waals surface area contributed by atoms with Gasteiger partial charge in [0, 0.05) is 82.8 Å². The number of rotatable bonds is 44. The van der Waals surface area contributed by atoms with Gasteiger partial charge in [-0.25, -0.2) is 4.79 Å². The van der Waals surface area contributed by atoms with E-state index < -0.39 is 47.9 Å². The van der Waals surface area contributed by atoms with E-state index in [-0.39, 0.29) is 146 Å². The number of aliphatic hydroxyl groups excluding tert-OH is 2. The summed E-state index contributed by atoms with van der Waals surface area (Å²) < 4.78 is 27.0. The first-order valence-corrected chi connectivity index (χ1v) is 33.2. The van der Waals surface area contributed by atoms with E-state index in [1.807, 2.05) is 19.1 Å². The molecule has 0 saturated heterocycles. The standard InChI is InChI=1S/C40H67NO11.C28H42N2O7/c1-5-49-17-6-7-28(42)24-51-20-19-50-18-16-41-36(46)12-9-29(43)25-52-30-14-15-39(3)27(21-30)22-34(44)38-32-11-10-31(26(2)8-13-37(47)48)40(32,4)35(45)23-33(38)39;1-3-5-9-20-12-14-21(15-13-20)25(32)18-22(27(29)34)10-7-6-8-11-23(31)16-17-24(28(35)36)30-26(33)19-37-4-2/h26-27,30-35,38,44-45H,5-25H2,1-4H3,(H,41,46)(H,47,48);12-15,22,24H,3-11,16-19H2,1-2H3,(H2,29,34)(H,30,33)(H,35,36)/t26-,27+,30?,31-,32?,33?,34-,35+,38+,39+,40-;/m1./s1. The lowest BCUT2D eigenvalue weighted by molar-refractivity contribution is -0.209. The smallest absolute Gasteiger partial charge is 0.326 e. The van der Waals surface area contributed by atoms with Crippen LogP contribution in [0.15, 0.2) is 24.3 Å². The highest BCUT2D eigenvalue weighted by Crippen LogP contribution is 2.68. The van der Waals surface area contributed by atoms with Gasteiger partial charge in [-0.3, -0.25) is 38.4 Å². The van der Waals surface area contributed by atoms with Crippen molar-refractivity contribution in [3.63, 3.8) is 0 Å². The second-order valence-corrected chi connectivity index (χ2v) is 25.9. The van der Waals surface area contributed by atoms with Crippen LogP contribution in [0.1, 0.15) is 205 Å². The lowest BCUT2D eigenvalue weighted by Gasteiger charge is -2.63. The number of aliphatic hydroxyl groups is 2. The molecule has 21 nitrogen and oxygen atoms in total. The molecule has 3 amide bonds. The number of benzene rings is 1. The van der Waals surface area contributed by atoms with E-state index >= 15 is 0 Å². The largest absolute Gasteiger partial charge is 0.481 e. The molecule has 0 heterocycles. The Hall–Kier alpha value is -5.03. The molecule has 13 atom stereocenters. The number of carbonyl (C=O) groups is 9. The number of amides is 3. The van der Waals surface area contributed by atoms with Crippen molar-refractivity contribution in [2.75, 3.05) is 66.0 Å². The van der Waals surface area contributed by atoms with Crippen LogP contribution >= 0.6 is 0 Å². The van der Waals surface area contributed by atoms with Gasteiger partial charge in [0.1, 0.15) is 31.6 Å². The first-order valence-electron chi connectivity index (χ1n) is 33.2. The number of primary amides is 1. The quantitative estimate of drug-likeness (QED) is 0.0240. The summed E-state index contributed by atoms with van der Waals surface area (Å²) in [6.45, 7) is 15.0. The van der Waals surface area contributed by atoms with Gasteiger partial charge in [-0.05, 0) is 156 Å². The molecule has 504 valence electrons. The SMILES string of the molecule is CCCCc1ccc(C(=O)CC(CCCCCC(=O)CCC(NC(=O)COCC)C(=O)O)C(N)=O)cc1.CCOCCCC(=O)COCCOCCNC(=O)CCC(=O)COC1CC[C@]2(C)C3C[C@H](O)[C@@]4(C)C(CC[C@@H]4[C@H](C)CCC(=O)O)[C@@H]3[C@H](O)C[C@@H]2C1. The highest BCUT2D eigenvalue weighted by molar-refractivity contribution is 5.98. The molecule has 1 aromatic rings. The monoisotopic (exact) mass is 1260 g/mol. The molecular formula is C68H109N3O18. The molecule has 4 fully saturated rings. The maximum Gasteiger partial charge on any atom is 0.326 e. The highest BCUT2D eigenvalue weighted by Gasteiger charge is 2.66. The van der Waals surface area contributed by atoms with Gasteiger partial charge in [-0.1, -0.05) is 71.2 Å². The zero-order chi connectivity index (χ0) is 65.5. The molecule has 4 aliphatic carbocycles. The molecule has 8 N–H and O–H groups in total. The average molecular weight is 1260 g/mol. The summed E-state index contributed by atoms with van der Waals surface area (Å²) in [7, 11) is 0. The molecule has 0 aliphatic heterocycles. The van der Waals surface area contributed by atoms with Crippen LogP contribution in [-0.4, -0.2) is 164 Å². The van der Waals surface area contributed by atoms with Gasteiger partial charge in [0.2, 0.25) is 17.7 Å². The van der Waals surface area contributed by atoms with Crippen molar-refractivity contribution in [3.05, 3.63) is 35.4 Å². The zero-order valence-corrected chi connectivity index (χ0v) is 54.3. The molecule has 0 spiro atoms. The Morgan fingerprint density at radius 2 is 1.37 bits per heavy atom. The molecule has 21 heteroatoms. The molecule has 89 heavy (non-hydrogen) atoms. The fourth-order valence-corrected chi connectivity index (χ4v) is 14.6. The summed E-state index contributed by atoms with van der Waals surface area (Å²) in [5, 5.41) is 47.1. The lowest BCUT2D eigenvalue weighted by Crippen LogP contribution is -2.62. The molecule has 5 rings (SSSR count). The average Bonchev–Trinajstić information content (AvgIpc) is 1.70. The Labute approximate surface area is 528 Å². The van der Waals surface area contributed by atoms with Crippen molar-refractivity contribution < 1.29 is 87.3 Å². The Morgan fingerprint density at radius 1 is 0.663 bits per heavy atom. The van der Waals surface area contributed by atoms with Gasteiger partial charge in [-0.2, -0.15) is 0 Å². The Balaban J connectivity index is 0.000000404. The molecule has 0 radical (unpaired) electrons. The minimum Gasteiger partial charge on any atom is -0.481 e. The normalized spacial score (nSPS) is 25.3. The van der Waals surface area contributed by atoms with Gasteiger partial charge in [-0.15, -0.1) is 0 Å². The van der Waals surface area contributed by atoms with Crippen LogP contribution in [-0.2, 0) is 68.5 Å². The number of nitrogens with two attached hydrogens (primary N) is 1. The molecule has 4 aliphatic rings. The van der Waals surface area contributed by atoms with Crippen LogP contribution in [0, 0.1) is 52.3 Å². The van der Waals surface area contributed by atoms with Gasteiger partial charge < -0.3 is 60.5 Å². The van der Waals surface area contributed by atoms with Crippen molar-refractivity contribution in [2.24, 2.45) is 58.0 Å². The van der Waals surface area contributed by atoms with Crippen molar-refractivity contribution in [1.82, 2.24) is 10.6 Å². The topological polar surface area (TPSA) is 331 Å². The van der Waals surface area contributed by atoms with Crippen molar-refractivity contribution in [2.45, 2.75) is 220 Å². The number of Topliss-reactive ketones (excluding diaryl/α,β-unsaturated/α-hetero) is 4. The Bertz CT molecular complexity index is 2390. The van der Waals surface area contributed by atoms with Gasteiger partial charge in [0.25, 0.3) is 0 Å². The van der Waals surface area contributed by atoms with Crippen LogP contribution in [0.25, 0.3) is 0 Å². The highest BCUT2D eigenvalue weighted by atomic mass is 16.5. The number of aliphatic carboxylic acids is 2. The molecule has 0 aromatic heterocycles. The van der Waals surface area contributed by atoms with Crippen molar-refractivity contribution >= 4 is 52.8 Å². The number of ketones is 4. The van der Waals surface area contributed by atoms with E-state index in [4.69, 9.17) is 29.4 Å². The first kappa shape index (κ1) is 76.4. The summed E-state index contributed by atoms with van der Waals surface area (Å²) in [4.78, 5) is 108. The number of ether oxygens (including phenoxy) is 5. The number of hydrogen-bond acceptors (Lipinski definition) is 16. The first-order chi connectivity index (χ1) is 42.5. The number of carboxylic acids is 2.